The number of hydrogen-bond donors (Lipinski definition) is 2. The lowest BCUT2D eigenvalue weighted by atomic mass is 10.0. The summed E-state index contributed by atoms with van der Waals surface area (Å²) in [4.78, 5) is 24.0. The Balaban J connectivity index is 1.35. The van der Waals surface area contributed by atoms with Crippen LogP contribution >= 0.6 is 11.3 Å². The third-order valence-electron chi connectivity index (χ3n) is 7.67. The van der Waals surface area contributed by atoms with Gasteiger partial charge in [0.25, 0.3) is 5.91 Å². The van der Waals surface area contributed by atoms with E-state index in [9.17, 15) is 26.4 Å². The van der Waals surface area contributed by atoms with Gasteiger partial charge in [-0.25, -0.2) is 18.4 Å². The number of carbonyl (C=O) groups excluding carboxylic acids is 1. The Morgan fingerprint density at radius 2 is 1.93 bits per heavy atom. The van der Waals surface area contributed by atoms with E-state index < -0.39 is 33.2 Å². The predicted molar refractivity (Wildman–Crippen MR) is 152 cm³/mol. The number of morpholine rings is 1. The number of sulfone groups is 1. The minimum Gasteiger partial charge on any atom is -0.378 e. The summed E-state index contributed by atoms with van der Waals surface area (Å²) in [5.74, 6) is -0.958. The van der Waals surface area contributed by atoms with Crippen LogP contribution in [0.4, 0.5) is 30.5 Å². The number of alkyl halides is 3. The van der Waals surface area contributed by atoms with Gasteiger partial charge >= 0.3 is 6.18 Å². The first-order chi connectivity index (χ1) is 19.9. The molecule has 224 valence electrons. The van der Waals surface area contributed by atoms with Crippen LogP contribution in [0.15, 0.2) is 35.4 Å². The number of rotatable bonds is 5. The largest absolute Gasteiger partial charge is 0.420 e. The third-order valence-corrected chi connectivity index (χ3v) is 10.6. The quantitative estimate of drug-likeness (QED) is 0.441. The highest BCUT2D eigenvalue weighted by atomic mass is 32.2. The van der Waals surface area contributed by atoms with Crippen molar-refractivity contribution in [2.24, 2.45) is 0 Å². The topological polar surface area (TPSA) is 117 Å². The molecule has 0 saturated carbocycles. The standard InChI is InChI=1S/C27H29F3N6O4S2/c1-3-15-8-18(36-11-16-13-40-14-17(12-36)32-16)4-5-20(15)33-26-31-10-19(27(28,29)30)23(34-26)21-9-22-24(41-21)25(37)35(2)6-7-42(22,38)39/h4-5,8-10,16-17,32H,3,6-7,11-14H2,1-2H3,(H,31,33,34). The molecule has 1 amide bonds. The Morgan fingerprint density at radius 3 is 2.62 bits per heavy atom. The Morgan fingerprint density at radius 1 is 1.19 bits per heavy atom. The summed E-state index contributed by atoms with van der Waals surface area (Å²) in [7, 11) is -2.42. The van der Waals surface area contributed by atoms with Crippen LogP contribution in [0.25, 0.3) is 10.6 Å². The highest BCUT2D eigenvalue weighted by molar-refractivity contribution is 7.91. The van der Waals surface area contributed by atoms with Crippen LogP contribution in [0, 0.1) is 0 Å². The lowest BCUT2D eigenvalue weighted by Gasteiger charge is -2.43. The zero-order valence-corrected chi connectivity index (χ0v) is 24.5. The second-order valence-electron chi connectivity index (χ2n) is 10.6. The average molecular weight is 623 g/mol. The number of aryl methyl sites for hydroxylation is 1. The molecule has 15 heteroatoms. The fraction of sp³-hybridized carbons (Fsp3) is 0.444. The minimum absolute atomic E-state index is 0.00391. The lowest BCUT2D eigenvalue weighted by Crippen LogP contribution is -2.62. The first kappa shape index (κ1) is 28.8. The van der Waals surface area contributed by atoms with Gasteiger partial charge in [-0.2, -0.15) is 13.2 Å². The van der Waals surface area contributed by atoms with Gasteiger partial charge in [-0.05, 0) is 36.2 Å². The van der Waals surface area contributed by atoms with E-state index >= 15 is 0 Å². The fourth-order valence-corrected chi connectivity index (χ4v) is 8.51. The van der Waals surface area contributed by atoms with E-state index in [4.69, 9.17) is 4.74 Å². The van der Waals surface area contributed by atoms with Crippen LogP contribution in [0.2, 0.25) is 0 Å². The maximum atomic E-state index is 14.1. The number of piperazine rings is 1. The van der Waals surface area contributed by atoms with E-state index in [0.29, 0.717) is 42.9 Å². The number of nitrogens with zero attached hydrogens (tertiary/aromatic N) is 4. The van der Waals surface area contributed by atoms with Crippen LogP contribution < -0.4 is 15.5 Å². The van der Waals surface area contributed by atoms with Crippen molar-refractivity contribution >= 4 is 44.4 Å². The van der Waals surface area contributed by atoms with Gasteiger partial charge in [0.2, 0.25) is 5.95 Å². The van der Waals surface area contributed by atoms with E-state index in [2.05, 4.69) is 31.6 Å². The van der Waals surface area contributed by atoms with E-state index in [0.717, 1.165) is 30.4 Å². The summed E-state index contributed by atoms with van der Waals surface area (Å²) in [5, 5.41) is 6.61. The van der Waals surface area contributed by atoms with Crippen molar-refractivity contribution in [2.75, 3.05) is 55.9 Å². The summed E-state index contributed by atoms with van der Waals surface area (Å²) < 4.78 is 73.5. The van der Waals surface area contributed by atoms with E-state index in [1.807, 2.05) is 19.1 Å². The number of ether oxygens (including phenoxy) is 1. The van der Waals surface area contributed by atoms with Crippen LogP contribution in [-0.2, 0) is 27.2 Å². The summed E-state index contributed by atoms with van der Waals surface area (Å²) in [6, 6.07) is 7.48. The minimum atomic E-state index is -4.81. The van der Waals surface area contributed by atoms with E-state index in [1.54, 1.807) is 0 Å². The molecule has 3 aromatic rings. The first-order valence-corrected chi connectivity index (χ1v) is 15.9. The van der Waals surface area contributed by atoms with E-state index in [-0.39, 0.29) is 45.0 Å². The summed E-state index contributed by atoms with van der Waals surface area (Å²) in [6.45, 7) is 4.90. The maximum Gasteiger partial charge on any atom is 0.420 e. The highest BCUT2D eigenvalue weighted by Gasteiger charge is 2.38. The molecule has 6 rings (SSSR count). The number of nitrogens with one attached hydrogen (secondary N) is 2. The zero-order valence-electron chi connectivity index (χ0n) is 22.9. The number of hydrogen-bond acceptors (Lipinski definition) is 10. The molecule has 3 aliphatic heterocycles. The molecule has 2 fully saturated rings. The molecule has 2 saturated heterocycles. The number of aromatic nitrogens is 2. The molecule has 2 unspecified atom stereocenters. The smallest absolute Gasteiger partial charge is 0.378 e. The number of anilines is 3. The molecule has 2 N–H and O–H groups in total. The second kappa shape index (κ2) is 10.8. The number of fused-ring (bicyclic) bond motifs is 3. The van der Waals surface area contributed by atoms with Crippen LogP contribution in [-0.4, -0.2) is 86.9 Å². The summed E-state index contributed by atoms with van der Waals surface area (Å²) in [5.41, 5.74) is 1.00. The molecule has 0 radical (unpaired) electrons. The number of benzene rings is 1. The van der Waals surface area contributed by atoms with Gasteiger partial charge in [-0.1, -0.05) is 6.92 Å². The first-order valence-electron chi connectivity index (χ1n) is 13.5. The molecule has 2 bridgehead atoms. The van der Waals surface area contributed by atoms with Crippen LogP contribution in [0.5, 0.6) is 0 Å². The fourth-order valence-electron chi connectivity index (χ4n) is 5.47. The summed E-state index contributed by atoms with van der Waals surface area (Å²) in [6.07, 6.45) is -3.48. The highest BCUT2D eigenvalue weighted by Crippen LogP contribution is 2.42. The monoisotopic (exact) mass is 622 g/mol. The van der Waals surface area contributed by atoms with Crippen molar-refractivity contribution in [3.05, 3.63) is 46.5 Å². The SMILES string of the molecule is CCc1cc(N2CC3COCC(C2)N3)ccc1Nc1ncc(C(F)(F)F)c(-c2cc3c(s2)C(=O)N(C)CCS3(=O)=O)n1. The third kappa shape index (κ3) is 5.45. The number of carbonyl (C=O) groups is 1. The Kier molecular flexibility index (Phi) is 7.40. The lowest BCUT2D eigenvalue weighted by molar-refractivity contribution is -0.137. The van der Waals surface area contributed by atoms with Crippen LogP contribution in [0.1, 0.15) is 27.7 Å². The molecule has 0 aliphatic carbocycles. The number of halogens is 3. The maximum absolute atomic E-state index is 14.1. The molecule has 1 aromatic carbocycles. The molecular formula is C27H29F3N6O4S2. The average Bonchev–Trinajstić information content (AvgIpc) is 3.39. The zero-order chi connectivity index (χ0) is 29.8. The normalized spacial score (nSPS) is 22.1. The van der Waals surface area contributed by atoms with Gasteiger partial charge in [0.05, 0.1) is 34.4 Å². The van der Waals surface area contributed by atoms with Crippen molar-refractivity contribution in [1.29, 1.82) is 0 Å². The van der Waals surface area contributed by atoms with Gasteiger partial charge in [0, 0.05) is 56.3 Å². The van der Waals surface area contributed by atoms with Crippen molar-refractivity contribution in [1.82, 2.24) is 20.2 Å². The molecule has 2 aromatic heterocycles. The molecule has 42 heavy (non-hydrogen) atoms. The molecule has 0 spiro atoms. The van der Waals surface area contributed by atoms with Crippen LogP contribution in [0.3, 0.4) is 0 Å². The van der Waals surface area contributed by atoms with Crippen molar-refractivity contribution in [3.8, 4) is 10.6 Å². The van der Waals surface area contributed by atoms with Crippen molar-refractivity contribution in [2.45, 2.75) is 36.5 Å². The molecule has 5 heterocycles. The van der Waals surface area contributed by atoms with Gasteiger partial charge in [-0.3, -0.25) is 4.79 Å². The Hall–Kier alpha value is -3.27. The second-order valence-corrected chi connectivity index (χ2v) is 13.8. The molecule has 10 nitrogen and oxygen atoms in total. The van der Waals surface area contributed by atoms with Gasteiger partial charge in [0.1, 0.15) is 10.4 Å². The van der Waals surface area contributed by atoms with Gasteiger partial charge in [-0.15, -0.1) is 11.3 Å². The number of amides is 1. The molecule has 3 aliphatic rings. The molecule has 2 atom stereocenters. The van der Waals surface area contributed by atoms with Crippen molar-refractivity contribution in [3.63, 3.8) is 0 Å². The Labute approximate surface area is 244 Å². The molecular weight excluding hydrogens is 593 g/mol. The van der Waals surface area contributed by atoms with E-state index in [1.165, 1.54) is 11.9 Å². The summed E-state index contributed by atoms with van der Waals surface area (Å²) >= 11 is 0.686. The number of thiophene rings is 1. The predicted octanol–water partition coefficient (Wildman–Crippen LogP) is 3.57. The Bertz CT molecular complexity index is 1630. The van der Waals surface area contributed by atoms with Gasteiger partial charge in [0.15, 0.2) is 9.84 Å². The van der Waals surface area contributed by atoms with Gasteiger partial charge < -0.3 is 25.2 Å². The van der Waals surface area contributed by atoms with Crippen molar-refractivity contribution < 1.29 is 31.1 Å².